The van der Waals surface area contributed by atoms with Gasteiger partial charge in [-0.3, -0.25) is 0 Å². The van der Waals surface area contributed by atoms with Crippen molar-refractivity contribution < 1.29 is 0 Å². The lowest BCUT2D eigenvalue weighted by Gasteiger charge is -2.26. The first kappa shape index (κ1) is 13.7. The largest absolute Gasteiger partial charge is 0.361 e. The molecule has 108 valence electrons. The molecule has 0 aliphatic carbocycles. The average molecular weight is 271 g/mol. The molecule has 2 aromatic rings. The highest BCUT2D eigenvalue weighted by molar-refractivity contribution is 5.79. The maximum Gasteiger partial charge on any atom is 0.0457 e. The van der Waals surface area contributed by atoms with E-state index >= 15 is 0 Å². The fourth-order valence-corrected chi connectivity index (χ4v) is 3.05. The molecule has 0 saturated carbocycles. The molecule has 1 fully saturated rings. The van der Waals surface area contributed by atoms with E-state index in [2.05, 4.69) is 39.5 Å². The molecule has 1 aliphatic rings. The molecule has 0 atom stereocenters. The van der Waals surface area contributed by atoms with E-state index in [0.29, 0.717) is 0 Å². The molecule has 0 spiro atoms. The Kier molecular flexibility index (Phi) is 4.72. The van der Waals surface area contributed by atoms with Crippen molar-refractivity contribution in [3.8, 4) is 0 Å². The average Bonchev–Trinajstić information content (AvgIpc) is 2.95. The van der Waals surface area contributed by atoms with Gasteiger partial charge in [-0.1, -0.05) is 18.6 Å². The first-order valence-electron chi connectivity index (χ1n) is 7.91. The van der Waals surface area contributed by atoms with Crippen LogP contribution in [-0.2, 0) is 6.54 Å². The maximum atomic E-state index is 3.56. The zero-order chi connectivity index (χ0) is 13.6. The number of H-pyrrole nitrogens is 1. The van der Waals surface area contributed by atoms with Crippen LogP contribution >= 0.6 is 0 Å². The summed E-state index contributed by atoms with van der Waals surface area (Å²) < 4.78 is 0. The van der Waals surface area contributed by atoms with Gasteiger partial charge in [0.25, 0.3) is 0 Å². The number of aromatic amines is 1. The van der Waals surface area contributed by atoms with Crippen molar-refractivity contribution in [2.45, 2.75) is 32.2 Å². The normalized spacial score (nSPS) is 16.8. The third kappa shape index (κ3) is 3.62. The maximum absolute atomic E-state index is 3.56. The van der Waals surface area contributed by atoms with E-state index in [0.717, 1.165) is 13.1 Å². The molecule has 1 aliphatic heterocycles. The van der Waals surface area contributed by atoms with Gasteiger partial charge in [-0.05, 0) is 68.5 Å². The summed E-state index contributed by atoms with van der Waals surface area (Å²) >= 11 is 0. The third-order valence-corrected chi connectivity index (χ3v) is 4.23. The Balaban J connectivity index is 1.36. The number of likely N-dealkylation sites (tertiary alicyclic amines) is 1. The van der Waals surface area contributed by atoms with Crippen LogP contribution in [0.15, 0.2) is 30.5 Å². The Labute approximate surface area is 121 Å². The van der Waals surface area contributed by atoms with Crippen LogP contribution in [0.5, 0.6) is 0 Å². The predicted octanol–water partition coefficient (Wildman–Crippen LogP) is 3.13. The van der Waals surface area contributed by atoms with E-state index in [1.165, 1.54) is 61.8 Å². The number of hydrogen-bond donors (Lipinski definition) is 2. The Morgan fingerprint density at radius 2 is 2.00 bits per heavy atom. The smallest absolute Gasteiger partial charge is 0.0457 e. The van der Waals surface area contributed by atoms with E-state index in [1.807, 2.05) is 6.20 Å². The highest BCUT2D eigenvalue weighted by Crippen LogP contribution is 2.14. The van der Waals surface area contributed by atoms with Gasteiger partial charge in [0.2, 0.25) is 0 Å². The van der Waals surface area contributed by atoms with Crippen molar-refractivity contribution in [1.82, 2.24) is 15.2 Å². The van der Waals surface area contributed by atoms with Crippen LogP contribution in [0.4, 0.5) is 0 Å². The summed E-state index contributed by atoms with van der Waals surface area (Å²) in [5, 5.41) is 4.85. The van der Waals surface area contributed by atoms with E-state index in [9.17, 15) is 0 Å². The van der Waals surface area contributed by atoms with Crippen molar-refractivity contribution in [1.29, 1.82) is 0 Å². The number of fused-ring (bicyclic) bond motifs is 1. The quantitative estimate of drug-likeness (QED) is 0.791. The number of piperidine rings is 1. The van der Waals surface area contributed by atoms with E-state index in [-0.39, 0.29) is 0 Å². The molecule has 3 rings (SSSR count). The summed E-state index contributed by atoms with van der Waals surface area (Å²) in [6.45, 7) is 5.95. The molecule has 0 unspecified atom stereocenters. The van der Waals surface area contributed by atoms with Crippen LogP contribution in [0.2, 0.25) is 0 Å². The Hall–Kier alpha value is -1.32. The highest BCUT2D eigenvalue weighted by Gasteiger charge is 2.08. The highest BCUT2D eigenvalue weighted by atomic mass is 15.1. The number of nitrogens with one attached hydrogen (secondary N) is 2. The van der Waals surface area contributed by atoms with Gasteiger partial charge in [-0.2, -0.15) is 0 Å². The van der Waals surface area contributed by atoms with Crippen LogP contribution in [0.3, 0.4) is 0 Å². The standard InChI is InChI=1S/C17H25N3/c1-2-10-20(11-3-1)12-4-8-18-14-15-5-6-16-7-9-19-17(16)13-15/h5-7,9,13,18-19H,1-4,8,10-12,14H2. The van der Waals surface area contributed by atoms with Crippen molar-refractivity contribution in [3.63, 3.8) is 0 Å². The summed E-state index contributed by atoms with van der Waals surface area (Å²) in [5.41, 5.74) is 2.59. The monoisotopic (exact) mass is 271 g/mol. The zero-order valence-corrected chi connectivity index (χ0v) is 12.2. The Morgan fingerprint density at radius 1 is 1.10 bits per heavy atom. The summed E-state index contributed by atoms with van der Waals surface area (Å²) in [6, 6.07) is 8.77. The molecule has 0 bridgehead atoms. The molecule has 0 radical (unpaired) electrons. The van der Waals surface area contributed by atoms with Gasteiger partial charge in [-0.25, -0.2) is 0 Å². The van der Waals surface area contributed by atoms with Gasteiger partial charge < -0.3 is 15.2 Å². The van der Waals surface area contributed by atoms with Crippen LogP contribution in [-0.4, -0.2) is 36.1 Å². The minimum atomic E-state index is 0.967. The molecule has 1 aromatic carbocycles. The number of hydrogen-bond acceptors (Lipinski definition) is 2. The van der Waals surface area contributed by atoms with E-state index in [4.69, 9.17) is 0 Å². The van der Waals surface area contributed by atoms with Crippen molar-refractivity contribution >= 4 is 10.9 Å². The van der Waals surface area contributed by atoms with E-state index < -0.39 is 0 Å². The van der Waals surface area contributed by atoms with Crippen LogP contribution < -0.4 is 5.32 Å². The van der Waals surface area contributed by atoms with Gasteiger partial charge in [-0.15, -0.1) is 0 Å². The van der Waals surface area contributed by atoms with Crippen molar-refractivity contribution in [3.05, 3.63) is 36.0 Å². The van der Waals surface area contributed by atoms with Gasteiger partial charge in [0.15, 0.2) is 0 Å². The molecular weight excluding hydrogens is 246 g/mol. The number of aromatic nitrogens is 1. The topological polar surface area (TPSA) is 31.1 Å². The molecule has 20 heavy (non-hydrogen) atoms. The fourth-order valence-electron chi connectivity index (χ4n) is 3.05. The summed E-state index contributed by atoms with van der Waals surface area (Å²) in [4.78, 5) is 5.88. The van der Waals surface area contributed by atoms with Crippen molar-refractivity contribution in [2.24, 2.45) is 0 Å². The Morgan fingerprint density at radius 3 is 2.90 bits per heavy atom. The summed E-state index contributed by atoms with van der Waals surface area (Å²) in [7, 11) is 0. The lowest BCUT2D eigenvalue weighted by molar-refractivity contribution is 0.225. The fraction of sp³-hybridized carbons (Fsp3) is 0.529. The SMILES string of the molecule is c1cc2ccc(CNCCCN3CCCCC3)cc2[nH]1. The minimum Gasteiger partial charge on any atom is -0.361 e. The van der Waals surface area contributed by atoms with Crippen LogP contribution in [0.25, 0.3) is 10.9 Å². The molecule has 3 heteroatoms. The summed E-state index contributed by atoms with van der Waals surface area (Å²) in [6.07, 6.45) is 7.47. The molecule has 1 aromatic heterocycles. The molecule has 1 saturated heterocycles. The van der Waals surface area contributed by atoms with Crippen molar-refractivity contribution in [2.75, 3.05) is 26.2 Å². The third-order valence-electron chi connectivity index (χ3n) is 4.23. The van der Waals surface area contributed by atoms with Gasteiger partial charge in [0.05, 0.1) is 0 Å². The number of nitrogens with zero attached hydrogens (tertiary/aromatic N) is 1. The van der Waals surface area contributed by atoms with E-state index in [1.54, 1.807) is 0 Å². The first-order valence-corrected chi connectivity index (χ1v) is 7.91. The predicted molar refractivity (Wildman–Crippen MR) is 84.9 cm³/mol. The molecule has 3 nitrogen and oxygen atoms in total. The second-order valence-electron chi connectivity index (χ2n) is 5.83. The Bertz CT molecular complexity index is 526. The lowest BCUT2D eigenvalue weighted by atomic mass is 10.1. The molecule has 2 heterocycles. The molecular formula is C17H25N3. The van der Waals surface area contributed by atoms with Crippen LogP contribution in [0.1, 0.15) is 31.2 Å². The molecule has 2 N–H and O–H groups in total. The summed E-state index contributed by atoms with van der Waals surface area (Å²) in [5.74, 6) is 0. The first-order chi connectivity index (χ1) is 9.92. The van der Waals surface area contributed by atoms with Gasteiger partial charge in [0, 0.05) is 18.3 Å². The van der Waals surface area contributed by atoms with Gasteiger partial charge in [0.1, 0.15) is 0 Å². The molecule has 0 amide bonds. The zero-order valence-electron chi connectivity index (χ0n) is 12.2. The second kappa shape index (κ2) is 6.91. The second-order valence-corrected chi connectivity index (χ2v) is 5.83. The number of rotatable bonds is 6. The lowest BCUT2D eigenvalue weighted by Crippen LogP contribution is -2.32. The number of benzene rings is 1. The van der Waals surface area contributed by atoms with Crippen LogP contribution in [0, 0.1) is 0 Å². The minimum absolute atomic E-state index is 0.967. The van der Waals surface area contributed by atoms with Gasteiger partial charge >= 0.3 is 0 Å².